The molecule has 9 rings (SSSR count). The first-order valence-corrected chi connectivity index (χ1v) is 20.4. The largest absolute Gasteiger partial charge is 0.337 e. The van der Waals surface area contributed by atoms with Crippen LogP contribution in [-0.4, -0.2) is 59.4 Å². The third kappa shape index (κ3) is 6.15. The van der Waals surface area contributed by atoms with E-state index in [2.05, 4.69) is 126 Å². The molecule has 2 saturated heterocycles. The lowest BCUT2D eigenvalue weighted by Crippen LogP contribution is -2.55. The van der Waals surface area contributed by atoms with Gasteiger partial charge in [0.25, 0.3) is 0 Å². The van der Waals surface area contributed by atoms with Crippen LogP contribution in [0.2, 0.25) is 0 Å². The minimum atomic E-state index is 0.203. The highest BCUT2D eigenvalue weighted by Crippen LogP contribution is 2.76. The van der Waals surface area contributed by atoms with Gasteiger partial charge in [-0.05, 0) is 123 Å². The molecule has 5 atom stereocenters. The Kier molecular flexibility index (Phi) is 8.83. The van der Waals surface area contributed by atoms with E-state index in [1.165, 1.54) is 54.4 Å². The minimum absolute atomic E-state index is 0.203. The molecule has 6 aliphatic rings. The maximum absolute atomic E-state index is 14.0. The Morgan fingerprint density at radius 2 is 1.57 bits per heavy atom. The highest BCUT2D eigenvalue weighted by atomic mass is 16.2. The third-order valence-electron chi connectivity index (χ3n) is 14.0. The smallest absolute Gasteiger partial charge is 0.223 e. The topological polar surface area (TPSA) is 26.8 Å². The molecule has 266 valence electrons. The molecule has 4 aliphatic carbocycles. The van der Waals surface area contributed by atoms with Crippen molar-refractivity contribution >= 4 is 5.91 Å². The molecule has 1 amide bonds. The Balaban J connectivity index is 0.860. The highest BCUT2D eigenvalue weighted by molar-refractivity contribution is 5.77. The Bertz CT molecular complexity index is 1780. The number of piperidine rings is 1. The molecule has 3 aromatic rings. The van der Waals surface area contributed by atoms with Crippen LogP contribution in [0.15, 0.2) is 97.1 Å². The van der Waals surface area contributed by atoms with Gasteiger partial charge < -0.3 is 4.90 Å². The second kappa shape index (κ2) is 13.5. The number of piperazine rings is 1. The summed E-state index contributed by atoms with van der Waals surface area (Å²) in [6, 6.07) is 28.9. The van der Waals surface area contributed by atoms with Crippen LogP contribution >= 0.6 is 0 Å². The molecule has 0 aromatic heterocycles. The number of likely N-dealkylation sites (tertiary alicyclic amines) is 1. The van der Waals surface area contributed by atoms with Gasteiger partial charge in [0.1, 0.15) is 0 Å². The zero-order valence-electron chi connectivity index (χ0n) is 31.0. The van der Waals surface area contributed by atoms with E-state index >= 15 is 0 Å². The summed E-state index contributed by atoms with van der Waals surface area (Å²) in [5.74, 6) is 1.61. The molecule has 2 saturated carbocycles. The lowest BCUT2D eigenvalue weighted by molar-refractivity contribution is -0.137. The normalized spacial score (nSPS) is 30.1. The Morgan fingerprint density at radius 3 is 2.29 bits per heavy atom. The molecule has 2 aliphatic heterocycles. The number of nitrogens with zero attached hydrogens (tertiary/aromatic N) is 3. The van der Waals surface area contributed by atoms with Crippen molar-refractivity contribution in [1.82, 2.24) is 14.7 Å². The second-order valence-electron chi connectivity index (χ2n) is 17.1. The standard InChI is InChI=1S/C47H57N3O/c1-3-35-11-13-40(14-12-35)44(41-19-17-38(18-20-41)37-15-16-37)49-29-30-50(34(2)32-49)43(51)31-36-22-27-48(28-23-36)45-42-10-6-5-9-39(42)21-26-46-24-7-4-8-25-47(45,46)33-46/h5-14,17-20,24-25,34,36-37,44-45H,3-4,15-16,21-23,26-33H2,1-2H3. The van der Waals surface area contributed by atoms with Gasteiger partial charge in [-0.3, -0.25) is 14.6 Å². The third-order valence-corrected chi connectivity index (χ3v) is 14.0. The molecule has 2 heterocycles. The molecule has 0 radical (unpaired) electrons. The van der Waals surface area contributed by atoms with Crippen molar-refractivity contribution in [3.63, 3.8) is 0 Å². The van der Waals surface area contributed by atoms with Crippen LogP contribution in [-0.2, 0) is 17.6 Å². The molecule has 4 nitrogen and oxygen atoms in total. The Hall–Kier alpha value is -3.47. The van der Waals surface area contributed by atoms with Gasteiger partial charge in [-0.2, -0.15) is 0 Å². The van der Waals surface area contributed by atoms with E-state index in [0.717, 1.165) is 64.3 Å². The van der Waals surface area contributed by atoms with Crippen LogP contribution in [0.25, 0.3) is 0 Å². The van der Waals surface area contributed by atoms with Crippen molar-refractivity contribution in [2.24, 2.45) is 16.7 Å². The summed E-state index contributed by atoms with van der Waals surface area (Å²) in [6.07, 6.45) is 21.5. The number of carbonyl (C=O) groups is 1. The van der Waals surface area contributed by atoms with Crippen molar-refractivity contribution in [2.45, 2.75) is 102 Å². The van der Waals surface area contributed by atoms with E-state index in [4.69, 9.17) is 0 Å². The molecule has 3 aromatic carbocycles. The number of aryl methyl sites for hydroxylation is 2. The van der Waals surface area contributed by atoms with E-state index < -0.39 is 0 Å². The fraction of sp³-hybridized carbons (Fsp3) is 0.511. The number of hydrogen-bond acceptors (Lipinski definition) is 3. The number of fused-ring (bicyclic) bond motifs is 1. The van der Waals surface area contributed by atoms with Crippen LogP contribution in [0.4, 0.5) is 0 Å². The fourth-order valence-electron chi connectivity index (χ4n) is 10.9. The summed E-state index contributed by atoms with van der Waals surface area (Å²) in [4.78, 5) is 21.7. The average molecular weight is 680 g/mol. The number of amides is 1. The van der Waals surface area contributed by atoms with Gasteiger partial charge in [-0.1, -0.05) is 104 Å². The van der Waals surface area contributed by atoms with Crippen molar-refractivity contribution in [1.29, 1.82) is 0 Å². The van der Waals surface area contributed by atoms with E-state index in [1.807, 2.05) is 0 Å². The Morgan fingerprint density at radius 1 is 0.843 bits per heavy atom. The van der Waals surface area contributed by atoms with Gasteiger partial charge in [0.2, 0.25) is 5.91 Å². The molecular weight excluding hydrogens is 623 g/mol. The molecule has 0 N–H and O–H groups in total. The van der Waals surface area contributed by atoms with E-state index in [1.54, 1.807) is 11.1 Å². The number of hydrogen-bond donors (Lipinski definition) is 0. The van der Waals surface area contributed by atoms with Crippen molar-refractivity contribution in [3.05, 3.63) is 130 Å². The van der Waals surface area contributed by atoms with Gasteiger partial charge in [0.15, 0.2) is 0 Å². The average Bonchev–Trinajstić information content (AvgIpc) is 4.08. The van der Waals surface area contributed by atoms with E-state index in [-0.39, 0.29) is 17.5 Å². The molecule has 4 fully saturated rings. The summed E-state index contributed by atoms with van der Waals surface area (Å²) in [7, 11) is 0. The van der Waals surface area contributed by atoms with Gasteiger partial charge in [0, 0.05) is 49.0 Å². The monoisotopic (exact) mass is 679 g/mol. The quantitative estimate of drug-likeness (QED) is 0.222. The SMILES string of the molecule is CCc1ccc(C(c2ccc(C3CC3)cc2)N2CCN(C(=O)CC3CCN(C4c5ccccc5CCC56C=CCC=CC45C6)CC3)C(C)C2)cc1. The minimum Gasteiger partial charge on any atom is -0.337 e. The zero-order valence-corrected chi connectivity index (χ0v) is 31.0. The van der Waals surface area contributed by atoms with Crippen LogP contribution in [0.5, 0.6) is 0 Å². The lowest BCUT2D eigenvalue weighted by Gasteiger charge is -2.45. The van der Waals surface area contributed by atoms with Gasteiger partial charge in [0.05, 0.1) is 6.04 Å². The fourth-order valence-corrected chi connectivity index (χ4v) is 10.9. The number of carbonyl (C=O) groups excluding carboxylic acids is 1. The lowest BCUT2D eigenvalue weighted by atomic mass is 9.80. The molecule has 5 unspecified atom stereocenters. The summed E-state index contributed by atoms with van der Waals surface area (Å²) in [5.41, 5.74) is 9.26. The first-order chi connectivity index (χ1) is 25.0. The highest BCUT2D eigenvalue weighted by Gasteiger charge is 2.69. The first kappa shape index (κ1) is 33.4. The van der Waals surface area contributed by atoms with E-state index in [9.17, 15) is 4.79 Å². The number of benzene rings is 3. The predicted molar refractivity (Wildman–Crippen MR) is 208 cm³/mol. The first-order valence-electron chi connectivity index (χ1n) is 20.4. The van der Waals surface area contributed by atoms with Gasteiger partial charge >= 0.3 is 0 Å². The number of allylic oxidation sites excluding steroid dienone is 3. The van der Waals surface area contributed by atoms with Gasteiger partial charge in [-0.25, -0.2) is 0 Å². The summed E-state index contributed by atoms with van der Waals surface area (Å²) in [5, 5.41) is 0. The van der Waals surface area contributed by atoms with Crippen LogP contribution in [0.1, 0.15) is 117 Å². The zero-order chi connectivity index (χ0) is 34.6. The molecule has 4 heteroatoms. The van der Waals surface area contributed by atoms with Crippen LogP contribution in [0.3, 0.4) is 0 Å². The molecule has 0 spiro atoms. The van der Waals surface area contributed by atoms with E-state index in [0.29, 0.717) is 29.7 Å². The van der Waals surface area contributed by atoms with Gasteiger partial charge in [-0.15, -0.1) is 0 Å². The summed E-state index contributed by atoms with van der Waals surface area (Å²) in [6.45, 7) is 9.31. The second-order valence-corrected chi connectivity index (χ2v) is 17.1. The number of rotatable bonds is 8. The molecule has 0 bridgehead atoms. The van der Waals surface area contributed by atoms with Crippen molar-refractivity contribution in [2.75, 3.05) is 32.7 Å². The molecular formula is C47H57N3O. The van der Waals surface area contributed by atoms with Crippen molar-refractivity contribution < 1.29 is 4.79 Å². The maximum Gasteiger partial charge on any atom is 0.223 e. The Labute approximate surface area is 306 Å². The summed E-state index contributed by atoms with van der Waals surface area (Å²) >= 11 is 0. The van der Waals surface area contributed by atoms with Crippen molar-refractivity contribution in [3.8, 4) is 0 Å². The van der Waals surface area contributed by atoms with Crippen LogP contribution < -0.4 is 0 Å². The molecule has 51 heavy (non-hydrogen) atoms. The van der Waals surface area contributed by atoms with Crippen LogP contribution in [0, 0.1) is 16.7 Å². The predicted octanol–water partition coefficient (Wildman–Crippen LogP) is 9.43. The summed E-state index contributed by atoms with van der Waals surface area (Å²) < 4.78 is 0. The maximum atomic E-state index is 14.0.